The smallest absolute Gasteiger partial charge is 0.152 e. The van der Waals surface area contributed by atoms with Gasteiger partial charge < -0.3 is 5.73 Å². The van der Waals surface area contributed by atoms with Gasteiger partial charge in [0.15, 0.2) is 9.84 Å². The molecule has 2 unspecified atom stereocenters. The average molecular weight is 207 g/mol. The first kappa shape index (κ1) is 12.9. The fourth-order valence-corrected chi connectivity index (χ4v) is 2.54. The van der Waals surface area contributed by atoms with Gasteiger partial charge in [0.25, 0.3) is 0 Å². The van der Waals surface area contributed by atoms with Crippen LogP contribution in [0.25, 0.3) is 0 Å². The molecule has 13 heavy (non-hydrogen) atoms. The number of hydrogen-bond donors (Lipinski definition) is 1. The highest BCUT2D eigenvalue weighted by atomic mass is 32.2. The molecule has 80 valence electrons. The summed E-state index contributed by atoms with van der Waals surface area (Å²) in [6, 6.07) is 0.104. The van der Waals surface area contributed by atoms with Gasteiger partial charge >= 0.3 is 0 Å². The zero-order chi connectivity index (χ0) is 10.5. The third kappa shape index (κ3) is 5.26. The molecule has 0 spiro atoms. The van der Waals surface area contributed by atoms with Gasteiger partial charge in [0, 0.05) is 6.04 Å². The quantitative estimate of drug-likeness (QED) is 0.714. The second-order valence-corrected chi connectivity index (χ2v) is 6.24. The predicted molar refractivity (Wildman–Crippen MR) is 56.4 cm³/mol. The molecule has 0 aliphatic carbocycles. The highest BCUT2D eigenvalue weighted by Gasteiger charge is 2.18. The van der Waals surface area contributed by atoms with Crippen molar-refractivity contribution in [2.75, 3.05) is 5.75 Å². The standard InChI is InChI=1S/C9H21NO2S/c1-4-9(3)13(11,12)7-5-6-8(2)10/h8-9H,4-7,10H2,1-3H3. The maximum absolute atomic E-state index is 11.5. The molecular formula is C9H21NO2S. The van der Waals surface area contributed by atoms with Gasteiger partial charge in [0.05, 0.1) is 11.0 Å². The van der Waals surface area contributed by atoms with Gasteiger partial charge in [-0.3, -0.25) is 0 Å². The lowest BCUT2D eigenvalue weighted by Gasteiger charge is -2.10. The molecule has 0 aliphatic heterocycles. The lowest BCUT2D eigenvalue weighted by molar-refractivity contribution is 0.571. The van der Waals surface area contributed by atoms with Gasteiger partial charge in [-0.1, -0.05) is 6.92 Å². The van der Waals surface area contributed by atoms with E-state index in [1.807, 2.05) is 13.8 Å². The zero-order valence-corrected chi connectivity index (χ0v) is 9.60. The fraction of sp³-hybridized carbons (Fsp3) is 1.00. The molecule has 0 fully saturated rings. The van der Waals surface area contributed by atoms with Gasteiger partial charge in [-0.15, -0.1) is 0 Å². The third-order valence-electron chi connectivity index (χ3n) is 2.28. The van der Waals surface area contributed by atoms with Crippen LogP contribution in [0, 0.1) is 0 Å². The molecule has 0 saturated carbocycles. The van der Waals surface area contributed by atoms with E-state index in [0.717, 1.165) is 6.42 Å². The summed E-state index contributed by atoms with van der Waals surface area (Å²) in [4.78, 5) is 0. The summed E-state index contributed by atoms with van der Waals surface area (Å²) in [5, 5.41) is -0.208. The minimum absolute atomic E-state index is 0.104. The number of rotatable bonds is 6. The van der Waals surface area contributed by atoms with Gasteiger partial charge in [0.2, 0.25) is 0 Å². The Bertz CT molecular complexity index is 222. The Morgan fingerprint density at radius 3 is 2.23 bits per heavy atom. The number of sulfone groups is 1. The second-order valence-electron chi connectivity index (χ2n) is 3.71. The van der Waals surface area contributed by atoms with Crippen molar-refractivity contribution >= 4 is 9.84 Å². The summed E-state index contributed by atoms with van der Waals surface area (Å²) < 4.78 is 23.0. The van der Waals surface area contributed by atoms with Crippen LogP contribution in [-0.4, -0.2) is 25.5 Å². The lowest BCUT2D eigenvalue weighted by Crippen LogP contribution is -2.22. The van der Waals surface area contributed by atoms with Crippen LogP contribution in [0.15, 0.2) is 0 Å². The van der Waals surface area contributed by atoms with Gasteiger partial charge in [-0.25, -0.2) is 8.42 Å². The molecule has 4 heteroatoms. The van der Waals surface area contributed by atoms with Crippen LogP contribution in [0.5, 0.6) is 0 Å². The van der Waals surface area contributed by atoms with E-state index in [4.69, 9.17) is 5.73 Å². The van der Waals surface area contributed by atoms with Crippen molar-refractivity contribution < 1.29 is 8.42 Å². The van der Waals surface area contributed by atoms with Crippen LogP contribution in [-0.2, 0) is 9.84 Å². The van der Waals surface area contributed by atoms with Crippen molar-refractivity contribution in [1.82, 2.24) is 0 Å². The topological polar surface area (TPSA) is 60.2 Å². The van der Waals surface area contributed by atoms with Crippen LogP contribution < -0.4 is 5.73 Å². The minimum Gasteiger partial charge on any atom is -0.328 e. The van der Waals surface area contributed by atoms with E-state index in [0.29, 0.717) is 12.8 Å². The van der Waals surface area contributed by atoms with E-state index in [1.54, 1.807) is 6.92 Å². The van der Waals surface area contributed by atoms with E-state index in [-0.39, 0.29) is 17.0 Å². The Morgan fingerprint density at radius 1 is 1.31 bits per heavy atom. The molecule has 0 aromatic heterocycles. The van der Waals surface area contributed by atoms with Crippen molar-refractivity contribution in [3.05, 3.63) is 0 Å². The summed E-state index contributed by atoms with van der Waals surface area (Å²) >= 11 is 0. The molecule has 2 N–H and O–H groups in total. The molecule has 0 rings (SSSR count). The summed E-state index contributed by atoms with van der Waals surface area (Å²) in [6.07, 6.45) is 2.17. The van der Waals surface area contributed by atoms with Crippen molar-refractivity contribution in [2.24, 2.45) is 5.73 Å². The molecule has 2 atom stereocenters. The van der Waals surface area contributed by atoms with E-state index < -0.39 is 9.84 Å². The minimum atomic E-state index is -2.86. The second kappa shape index (κ2) is 5.60. The highest BCUT2D eigenvalue weighted by Crippen LogP contribution is 2.08. The third-order valence-corrected chi connectivity index (χ3v) is 4.69. The van der Waals surface area contributed by atoms with Gasteiger partial charge in [-0.2, -0.15) is 0 Å². The Labute approximate surface area is 81.6 Å². The zero-order valence-electron chi connectivity index (χ0n) is 8.79. The molecule has 0 amide bonds. The maximum Gasteiger partial charge on any atom is 0.152 e. The normalized spacial score (nSPS) is 16.9. The van der Waals surface area contributed by atoms with E-state index >= 15 is 0 Å². The largest absolute Gasteiger partial charge is 0.328 e. The van der Waals surface area contributed by atoms with Crippen LogP contribution >= 0.6 is 0 Å². The van der Waals surface area contributed by atoms with Crippen LogP contribution in [0.3, 0.4) is 0 Å². The molecule has 0 aliphatic rings. The molecule has 0 saturated heterocycles. The van der Waals surface area contributed by atoms with Crippen molar-refractivity contribution in [3.8, 4) is 0 Å². The van der Waals surface area contributed by atoms with Crippen LogP contribution in [0.2, 0.25) is 0 Å². The maximum atomic E-state index is 11.5. The summed E-state index contributed by atoms with van der Waals surface area (Å²) in [7, 11) is -2.86. The monoisotopic (exact) mass is 207 g/mol. The van der Waals surface area contributed by atoms with E-state index in [9.17, 15) is 8.42 Å². The highest BCUT2D eigenvalue weighted by molar-refractivity contribution is 7.91. The Balaban J connectivity index is 3.91. The molecule has 0 aromatic carbocycles. The molecule has 0 heterocycles. The van der Waals surface area contributed by atoms with Crippen LogP contribution in [0.4, 0.5) is 0 Å². The first-order valence-electron chi connectivity index (χ1n) is 4.87. The SMILES string of the molecule is CCC(C)S(=O)(=O)CCCC(C)N. The molecule has 0 radical (unpaired) electrons. The Kier molecular flexibility index (Phi) is 5.56. The number of hydrogen-bond acceptors (Lipinski definition) is 3. The first-order chi connectivity index (χ1) is 5.90. The van der Waals surface area contributed by atoms with Crippen molar-refractivity contribution in [3.63, 3.8) is 0 Å². The van der Waals surface area contributed by atoms with Gasteiger partial charge in [-0.05, 0) is 33.1 Å². The van der Waals surface area contributed by atoms with E-state index in [2.05, 4.69) is 0 Å². The molecule has 0 aromatic rings. The molecule has 3 nitrogen and oxygen atoms in total. The summed E-state index contributed by atoms with van der Waals surface area (Å²) in [5.74, 6) is 0.281. The number of nitrogens with two attached hydrogens (primary N) is 1. The Hall–Kier alpha value is -0.0900. The predicted octanol–water partition coefficient (Wildman–Crippen LogP) is 1.33. The van der Waals surface area contributed by atoms with Crippen molar-refractivity contribution in [2.45, 2.75) is 51.3 Å². The Morgan fingerprint density at radius 2 is 1.85 bits per heavy atom. The lowest BCUT2D eigenvalue weighted by atomic mass is 10.2. The molecular weight excluding hydrogens is 186 g/mol. The summed E-state index contributed by atoms with van der Waals surface area (Å²) in [5.41, 5.74) is 5.54. The first-order valence-corrected chi connectivity index (χ1v) is 6.58. The van der Waals surface area contributed by atoms with Gasteiger partial charge in [0.1, 0.15) is 0 Å². The van der Waals surface area contributed by atoms with Crippen molar-refractivity contribution in [1.29, 1.82) is 0 Å². The van der Waals surface area contributed by atoms with E-state index in [1.165, 1.54) is 0 Å². The average Bonchev–Trinajstić information content (AvgIpc) is 2.01. The van der Waals surface area contributed by atoms with Crippen LogP contribution in [0.1, 0.15) is 40.0 Å². The fourth-order valence-electron chi connectivity index (χ4n) is 1.06. The summed E-state index contributed by atoms with van der Waals surface area (Å²) in [6.45, 7) is 5.56. The molecule has 0 bridgehead atoms.